The van der Waals surface area contributed by atoms with Crippen molar-refractivity contribution >= 4 is 18.0 Å². The number of nitrogens with zero attached hydrogens (tertiary/aromatic N) is 2. The van der Waals surface area contributed by atoms with E-state index in [1.807, 2.05) is 31.2 Å². The molecule has 0 aliphatic carbocycles. The number of nitrogens with one attached hydrogen (secondary N) is 1. The maximum atomic E-state index is 11.4. The highest BCUT2D eigenvalue weighted by atomic mass is 16.2. The second kappa shape index (κ2) is 4.78. The molecule has 1 aliphatic heterocycles. The van der Waals surface area contributed by atoms with Crippen molar-refractivity contribution in [3.63, 3.8) is 0 Å². The van der Waals surface area contributed by atoms with E-state index in [-0.39, 0.29) is 24.9 Å². The molecule has 1 aromatic carbocycles. The Balaban J connectivity index is 2.06. The lowest BCUT2D eigenvalue weighted by Crippen LogP contribution is -2.49. The van der Waals surface area contributed by atoms with Crippen molar-refractivity contribution in [2.45, 2.75) is 6.92 Å². The zero-order valence-corrected chi connectivity index (χ0v) is 9.51. The van der Waals surface area contributed by atoms with E-state index < -0.39 is 0 Å². The van der Waals surface area contributed by atoms with Crippen molar-refractivity contribution in [1.82, 2.24) is 10.3 Å². The summed E-state index contributed by atoms with van der Waals surface area (Å²) in [6.07, 6.45) is 1.58. The van der Waals surface area contributed by atoms with Gasteiger partial charge in [-0.2, -0.15) is 5.10 Å². The Bertz CT molecular complexity index is 465. The van der Waals surface area contributed by atoms with E-state index in [0.29, 0.717) is 0 Å². The van der Waals surface area contributed by atoms with Crippen LogP contribution < -0.4 is 5.32 Å². The molecule has 0 unspecified atom stereocenters. The molecule has 1 aliphatic rings. The van der Waals surface area contributed by atoms with Gasteiger partial charge in [0.15, 0.2) is 0 Å². The zero-order chi connectivity index (χ0) is 12.3. The lowest BCUT2D eigenvalue weighted by atomic mass is 10.2. The number of carbonyl (C=O) groups is 2. The van der Waals surface area contributed by atoms with Crippen LogP contribution in [0.2, 0.25) is 0 Å². The number of hydrogen-bond donors (Lipinski definition) is 1. The molecule has 5 heteroatoms. The summed E-state index contributed by atoms with van der Waals surface area (Å²) in [5, 5.41) is 7.66. The van der Waals surface area contributed by atoms with Crippen molar-refractivity contribution in [2.24, 2.45) is 5.10 Å². The Hall–Kier alpha value is -2.17. The Morgan fingerprint density at radius 1 is 1.29 bits per heavy atom. The average Bonchev–Trinajstić information content (AvgIpc) is 2.32. The minimum Gasteiger partial charge on any atom is -0.345 e. The lowest BCUT2D eigenvalue weighted by Gasteiger charge is -2.21. The smallest absolute Gasteiger partial charge is 0.262 e. The molecule has 2 amide bonds. The number of rotatable bonds is 2. The van der Waals surface area contributed by atoms with Gasteiger partial charge in [-0.1, -0.05) is 29.8 Å². The highest BCUT2D eigenvalue weighted by Crippen LogP contribution is 2.02. The number of hydrogen-bond acceptors (Lipinski definition) is 3. The van der Waals surface area contributed by atoms with Crippen LogP contribution in [0.4, 0.5) is 0 Å². The first-order valence-electron chi connectivity index (χ1n) is 5.33. The van der Waals surface area contributed by atoms with Crippen LogP contribution >= 0.6 is 0 Å². The normalized spacial score (nSPS) is 16.4. The fourth-order valence-electron chi connectivity index (χ4n) is 1.44. The number of hydrazone groups is 1. The largest absolute Gasteiger partial charge is 0.345 e. The molecule has 1 aromatic rings. The van der Waals surface area contributed by atoms with Gasteiger partial charge in [0.05, 0.1) is 12.8 Å². The molecule has 0 spiro atoms. The molecule has 0 bridgehead atoms. The average molecular weight is 231 g/mol. The molecule has 1 N–H and O–H groups in total. The van der Waals surface area contributed by atoms with E-state index in [1.54, 1.807) is 6.21 Å². The van der Waals surface area contributed by atoms with E-state index in [2.05, 4.69) is 10.4 Å². The minimum absolute atomic E-state index is 0.0127. The van der Waals surface area contributed by atoms with Crippen LogP contribution in [0.1, 0.15) is 11.1 Å². The molecule has 2 rings (SSSR count). The predicted octanol–water partition coefficient (Wildman–Crippen LogP) is 0.287. The molecule has 0 atom stereocenters. The number of carbonyl (C=O) groups excluding carboxylic acids is 2. The summed E-state index contributed by atoms with van der Waals surface area (Å²) in [6, 6.07) is 7.75. The summed E-state index contributed by atoms with van der Waals surface area (Å²) in [5.41, 5.74) is 2.06. The van der Waals surface area contributed by atoms with Gasteiger partial charge in [-0.05, 0) is 12.5 Å². The van der Waals surface area contributed by atoms with E-state index in [1.165, 1.54) is 5.01 Å². The first-order chi connectivity index (χ1) is 8.15. The molecule has 1 heterocycles. The molecule has 0 aromatic heterocycles. The molecule has 88 valence electrons. The lowest BCUT2D eigenvalue weighted by molar-refractivity contribution is -0.140. The molecule has 5 nitrogen and oxygen atoms in total. The van der Waals surface area contributed by atoms with Gasteiger partial charge in [0.25, 0.3) is 5.91 Å². The van der Waals surface area contributed by atoms with E-state index >= 15 is 0 Å². The number of aryl methyl sites for hydroxylation is 1. The monoisotopic (exact) mass is 231 g/mol. The molecule has 17 heavy (non-hydrogen) atoms. The number of benzene rings is 1. The molecule has 0 saturated carbocycles. The van der Waals surface area contributed by atoms with Crippen LogP contribution in [-0.2, 0) is 9.59 Å². The molecular formula is C12H13N3O2. The van der Waals surface area contributed by atoms with Crippen LogP contribution in [0, 0.1) is 6.92 Å². The van der Waals surface area contributed by atoms with Gasteiger partial charge in [-0.25, -0.2) is 5.01 Å². The van der Waals surface area contributed by atoms with E-state index in [9.17, 15) is 9.59 Å². The Morgan fingerprint density at radius 3 is 2.71 bits per heavy atom. The minimum atomic E-state index is -0.201. The summed E-state index contributed by atoms with van der Waals surface area (Å²) < 4.78 is 0. The van der Waals surface area contributed by atoms with Crippen molar-refractivity contribution in [1.29, 1.82) is 0 Å². The first kappa shape index (κ1) is 11.3. The quantitative estimate of drug-likeness (QED) is 0.743. The molecule has 1 saturated heterocycles. The maximum Gasteiger partial charge on any atom is 0.262 e. The Labute approximate surface area is 99.1 Å². The van der Waals surface area contributed by atoms with Crippen molar-refractivity contribution in [3.05, 3.63) is 35.4 Å². The fraction of sp³-hybridized carbons (Fsp3) is 0.250. The summed E-state index contributed by atoms with van der Waals surface area (Å²) in [5.74, 6) is -0.390. The van der Waals surface area contributed by atoms with Crippen LogP contribution in [0.3, 0.4) is 0 Å². The van der Waals surface area contributed by atoms with Crippen LogP contribution in [0.5, 0.6) is 0 Å². The third kappa shape index (κ3) is 2.90. The SMILES string of the molecule is Cc1ccc(/C=N/N2CC(=O)NCC2=O)cc1. The Kier molecular flexibility index (Phi) is 3.18. The highest BCUT2D eigenvalue weighted by Gasteiger charge is 2.21. The summed E-state index contributed by atoms with van der Waals surface area (Å²) in [6.45, 7) is 2.00. The Morgan fingerprint density at radius 2 is 2.00 bits per heavy atom. The highest BCUT2D eigenvalue weighted by molar-refractivity contribution is 5.93. The van der Waals surface area contributed by atoms with Crippen LogP contribution in [-0.4, -0.2) is 36.1 Å². The van der Waals surface area contributed by atoms with E-state index in [4.69, 9.17) is 0 Å². The standard InChI is InChI=1S/C12H13N3O2/c1-9-2-4-10(5-3-9)6-14-15-8-11(16)13-7-12(15)17/h2-6H,7-8H2,1H3,(H,13,16)/b14-6+. The van der Waals surface area contributed by atoms with Crippen LogP contribution in [0.15, 0.2) is 29.4 Å². The second-order valence-corrected chi connectivity index (χ2v) is 3.88. The molecule has 1 fully saturated rings. The number of amides is 2. The van der Waals surface area contributed by atoms with Gasteiger partial charge in [0, 0.05) is 0 Å². The van der Waals surface area contributed by atoms with Gasteiger partial charge in [-0.15, -0.1) is 0 Å². The van der Waals surface area contributed by atoms with Gasteiger partial charge < -0.3 is 5.32 Å². The fourth-order valence-corrected chi connectivity index (χ4v) is 1.44. The number of piperazine rings is 1. The predicted molar refractivity (Wildman–Crippen MR) is 63.5 cm³/mol. The van der Waals surface area contributed by atoms with Gasteiger partial charge in [0.1, 0.15) is 6.54 Å². The molecule has 0 radical (unpaired) electrons. The van der Waals surface area contributed by atoms with Crippen molar-refractivity contribution in [3.8, 4) is 0 Å². The van der Waals surface area contributed by atoms with Crippen LogP contribution in [0.25, 0.3) is 0 Å². The van der Waals surface area contributed by atoms with Gasteiger partial charge in [-0.3, -0.25) is 9.59 Å². The van der Waals surface area contributed by atoms with Crippen molar-refractivity contribution < 1.29 is 9.59 Å². The third-order valence-corrected chi connectivity index (χ3v) is 2.44. The topological polar surface area (TPSA) is 61.8 Å². The maximum absolute atomic E-state index is 11.4. The zero-order valence-electron chi connectivity index (χ0n) is 9.51. The summed E-state index contributed by atoms with van der Waals surface area (Å²) in [4.78, 5) is 22.5. The molecular weight excluding hydrogens is 218 g/mol. The van der Waals surface area contributed by atoms with E-state index in [0.717, 1.165) is 11.1 Å². The summed E-state index contributed by atoms with van der Waals surface area (Å²) >= 11 is 0. The third-order valence-electron chi connectivity index (χ3n) is 2.44. The van der Waals surface area contributed by atoms with Gasteiger partial charge >= 0.3 is 0 Å². The van der Waals surface area contributed by atoms with Gasteiger partial charge in [0.2, 0.25) is 5.91 Å². The van der Waals surface area contributed by atoms with Crippen molar-refractivity contribution in [2.75, 3.05) is 13.1 Å². The first-order valence-corrected chi connectivity index (χ1v) is 5.33. The second-order valence-electron chi connectivity index (χ2n) is 3.88. The summed E-state index contributed by atoms with van der Waals surface area (Å²) in [7, 11) is 0.